The number of nitrogens with one attached hydrogen (secondary N) is 1. The zero-order valence-electron chi connectivity index (χ0n) is 6.83. The van der Waals surface area contributed by atoms with E-state index in [4.69, 9.17) is 5.11 Å². The summed E-state index contributed by atoms with van der Waals surface area (Å²) in [4.78, 5) is 11.4. The predicted octanol–water partition coefficient (Wildman–Crippen LogP) is 2.50. The number of thiophene rings is 1. The van der Waals surface area contributed by atoms with Crippen molar-refractivity contribution in [2.24, 2.45) is 0 Å². The Labute approximate surface area is 92.8 Å². The van der Waals surface area contributed by atoms with Crippen molar-refractivity contribution in [3.8, 4) is 0 Å². The molecule has 0 atom stereocenters. The molecule has 1 aromatic heterocycles. The van der Waals surface area contributed by atoms with Crippen LogP contribution in [0.15, 0.2) is 14.7 Å². The van der Waals surface area contributed by atoms with Crippen LogP contribution >= 0.6 is 39.2 Å². The molecule has 0 spiro atoms. The summed E-state index contributed by atoms with van der Waals surface area (Å²) in [5, 5.41) is 8.37. The van der Waals surface area contributed by atoms with Crippen molar-refractivity contribution in [2.45, 2.75) is 11.1 Å². The normalized spacial score (nSPS) is 10.3. The van der Waals surface area contributed by atoms with Gasteiger partial charge in [-0.05, 0) is 40.9 Å². The van der Waals surface area contributed by atoms with Crippen LogP contribution in [-0.2, 0) is 4.79 Å². The van der Waals surface area contributed by atoms with Crippen molar-refractivity contribution < 1.29 is 9.90 Å². The standard InChI is InChI=1S/C7H8BrNO2S2/c1-4-5(8)2-7(12-4)13-9-3-6(10)11/h2,9H,3H2,1H3,(H,10,11). The van der Waals surface area contributed by atoms with E-state index < -0.39 is 5.97 Å². The number of hydrogen-bond donors (Lipinski definition) is 2. The zero-order valence-corrected chi connectivity index (χ0v) is 10.1. The lowest BCUT2D eigenvalue weighted by molar-refractivity contribution is -0.135. The van der Waals surface area contributed by atoms with E-state index in [0.717, 1.165) is 8.68 Å². The molecular weight excluding hydrogens is 274 g/mol. The predicted molar refractivity (Wildman–Crippen MR) is 58.3 cm³/mol. The second-order valence-electron chi connectivity index (χ2n) is 2.29. The molecule has 0 aromatic carbocycles. The molecule has 0 aliphatic heterocycles. The maximum Gasteiger partial charge on any atom is 0.318 e. The van der Waals surface area contributed by atoms with Gasteiger partial charge in [-0.3, -0.25) is 4.79 Å². The molecule has 0 radical (unpaired) electrons. The fraction of sp³-hybridized carbons (Fsp3) is 0.286. The summed E-state index contributed by atoms with van der Waals surface area (Å²) in [6.07, 6.45) is 0. The molecule has 0 bridgehead atoms. The van der Waals surface area contributed by atoms with Crippen LogP contribution in [-0.4, -0.2) is 17.6 Å². The van der Waals surface area contributed by atoms with E-state index in [2.05, 4.69) is 20.7 Å². The number of rotatable bonds is 4. The molecule has 2 N–H and O–H groups in total. The highest BCUT2D eigenvalue weighted by Gasteiger charge is 2.03. The van der Waals surface area contributed by atoms with Crippen LogP contribution < -0.4 is 4.72 Å². The number of aliphatic carboxylic acids is 1. The fourth-order valence-corrected chi connectivity index (χ4v) is 3.30. The number of halogens is 1. The van der Waals surface area contributed by atoms with Crippen molar-refractivity contribution in [3.63, 3.8) is 0 Å². The van der Waals surface area contributed by atoms with Gasteiger partial charge in [-0.15, -0.1) is 11.3 Å². The largest absolute Gasteiger partial charge is 0.480 e. The quantitative estimate of drug-likeness (QED) is 0.833. The fourth-order valence-electron chi connectivity index (χ4n) is 0.653. The van der Waals surface area contributed by atoms with Crippen molar-refractivity contribution in [1.29, 1.82) is 0 Å². The first-order chi connectivity index (χ1) is 6.09. The Kier molecular flexibility index (Phi) is 4.24. The van der Waals surface area contributed by atoms with Crippen LogP contribution in [0.2, 0.25) is 0 Å². The first kappa shape index (κ1) is 11.0. The molecule has 0 saturated heterocycles. The van der Waals surface area contributed by atoms with Gasteiger partial charge in [0.05, 0.1) is 4.21 Å². The van der Waals surface area contributed by atoms with Gasteiger partial charge in [-0.25, -0.2) is 4.72 Å². The van der Waals surface area contributed by atoms with Gasteiger partial charge in [0, 0.05) is 9.35 Å². The Hall–Kier alpha value is -0.0400. The Balaban J connectivity index is 2.41. The minimum absolute atomic E-state index is 0.0285. The Bertz CT molecular complexity index is 294. The van der Waals surface area contributed by atoms with E-state index in [1.54, 1.807) is 11.3 Å². The molecule has 0 aliphatic rings. The van der Waals surface area contributed by atoms with Crippen molar-refractivity contribution in [1.82, 2.24) is 4.72 Å². The maximum atomic E-state index is 10.2. The Morgan fingerprint density at radius 1 is 1.85 bits per heavy atom. The van der Waals surface area contributed by atoms with Gasteiger partial charge in [-0.1, -0.05) is 0 Å². The molecular formula is C7H8BrNO2S2. The van der Waals surface area contributed by atoms with E-state index in [0.29, 0.717) is 0 Å². The molecule has 0 fully saturated rings. The molecule has 0 saturated carbocycles. The SMILES string of the molecule is Cc1sc(SNCC(=O)O)cc1Br. The summed E-state index contributed by atoms with van der Waals surface area (Å²) in [6, 6.07) is 1.97. The van der Waals surface area contributed by atoms with Gasteiger partial charge in [0.25, 0.3) is 0 Å². The summed E-state index contributed by atoms with van der Waals surface area (Å²) < 4.78 is 4.88. The van der Waals surface area contributed by atoms with Gasteiger partial charge in [0.15, 0.2) is 0 Å². The first-order valence-electron chi connectivity index (χ1n) is 3.47. The first-order valence-corrected chi connectivity index (χ1v) is 5.89. The third-order valence-electron chi connectivity index (χ3n) is 1.23. The van der Waals surface area contributed by atoms with Crippen LogP contribution in [0, 0.1) is 6.92 Å². The number of carboxylic acid groups (broad SMARTS) is 1. The van der Waals surface area contributed by atoms with E-state index in [-0.39, 0.29) is 6.54 Å². The molecule has 1 rings (SSSR count). The summed E-state index contributed by atoms with van der Waals surface area (Å²) in [5.41, 5.74) is 0. The topological polar surface area (TPSA) is 49.3 Å². The molecule has 0 unspecified atom stereocenters. The molecule has 0 amide bonds. The highest BCUT2D eigenvalue weighted by Crippen LogP contribution is 2.31. The molecule has 3 nitrogen and oxygen atoms in total. The minimum atomic E-state index is -0.847. The summed E-state index contributed by atoms with van der Waals surface area (Å²) >= 11 is 6.36. The molecule has 6 heteroatoms. The van der Waals surface area contributed by atoms with Gasteiger partial charge in [0.2, 0.25) is 0 Å². The second kappa shape index (κ2) is 4.99. The molecule has 13 heavy (non-hydrogen) atoms. The highest BCUT2D eigenvalue weighted by molar-refractivity contribution is 9.10. The smallest absolute Gasteiger partial charge is 0.318 e. The van der Waals surface area contributed by atoms with Gasteiger partial charge in [-0.2, -0.15) is 0 Å². The summed E-state index contributed by atoms with van der Waals surface area (Å²) in [6.45, 7) is 1.98. The van der Waals surface area contributed by atoms with Crippen molar-refractivity contribution >= 4 is 45.2 Å². The lowest BCUT2D eigenvalue weighted by Crippen LogP contribution is -2.14. The minimum Gasteiger partial charge on any atom is -0.480 e. The van der Waals surface area contributed by atoms with Gasteiger partial charge < -0.3 is 5.11 Å². The van der Waals surface area contributed by atoms with Gasteiger partial charge >= 0.3 is 5.97 Å². The van der Waals surface area contributed by atoms with Crippen LogP contribution in [0.5, 0.6) is 0 Å². The van der Waals surface area contributed by atoms with E-state index >= 15 is 0 Å². The monoisotopic (exact) mass is 281 g/mol. The van der Waals surface area contributed by atoms with Crippen molar-refractivity contribution in [3.05, 3.63) is 15.4 Å². The lowest BCUT2D eigenvalue weighted by Gasteiger charge is -1.95. The Morgan fingerprint density at radius 3 is 3.00 bits per heavy atom. The van der Waals surface area contributed by atoms with Gasteiger partial charge in [0.1, 0.15) is 6.54 Å². The molecule has 0 aliphatic carbocycles. The second-order valence-corrected chi connectivity index (χ2v) is 5.59. The summed E-state index contributed by atoms with van der Waals surface area (Å²) in [5.74, 6) is -0.847. The molecule has 1 heterocycles. The van der Waals surface area contributed by atoms with E-state index in [1.165, 1.54) is 16.8 Å². The average Bonchev–Trinajstić information content (AvgIpc) is 2.30. The van der Waals surface area contributed by atoms with Crippen LogP contribution in [0.4, 0.5) is 0 Å². The van der Waals surface area contributed by atoms with E-state index in [9.17, 15) is 4.79 Å². The highest BCUT2D eigenvalue weighted by atomic mass is 79.9. The number of aryl methyl sites for hydroxylation is 1. The third kappa shape index (κ3) is 3.68. The lowest BCUT2D eigenvalue weighted by atomic mass is 10.5. The average molecular weight is 282 g/mol. The zero-order chi connectivity index (χ0) is 9.84. The summed E-state index contributed by atoms with van der Waals surface area (Å²) in [7, 11) is 0. The number of hydrogen-bond acceptors (Lipinski definition) is 4. The van der Waals surface area contributed by atoms with E-state index in [1.807, 2.05) is 13.0 Å². The van der Waals surface area contributed by atoms with Crippen molar-refractivity contribution in [2.75, 3.05) is 6.54 Å². The molecule has 72 valence electrons. The number of carbonyl (C=O) groups is 1. The van der Waals surface area contributed by atoms with Crippen LogP contribution in [0.25, 0.3) is 0 Å². The van der Waals surface area contributed by atoms with Crippen LogP contribution in [0.3, 0.4) is 0 Å². The maximum absolute atomic E-state index is 10.2. The molecule has 1 aromatic rings. The van der Waals surface area contributed by atoms with Crippen LogP contribution in [0.1, 0.15) is 4.88 Å². The third-order valence-corrected chi connectivity index (χ3v) is 4.27. The Morgan fingerprint density at radius 2 is 2.54 bits per heavy atom. The number of carboxylic acids is 1.